The maximum absolute atomic E-state index is 13.8. The Morgan fingerprint density at radius 1 is 0.654 bits per heavy atom. The predicted molar refractivity (Wildman–Crippen MR) is 329 cm³/mol. The van der Waals surface area contributed by atoms with Crippen LogP contribution in [0.25, 0.3) is 0 Å². The molecule has 0 spiro atoms. The molecule has 442 valence electrons. The fourth-order valence-electron chi connectivity index (χ4n) is 13.3. The van der Waals surface area contributed by atoms with Crippen LogP contribution in [-0.2, 0) is 41.0 Å². The van der Waals surface area contributed by atoms with Gasteiger partial charge in [0.1, 0.15) is 11.7 Å². The van der Waals surface area contributed by atoms with E-state index >= 15 is 0 Å². The van der Waals surface area contributed by atoms with Crippen molar-refractivity contribution >= 4 is 87.6 Å². The van der Waals surface area contributed by atoms with Crippen LogP contribution in [0.2, 0.25) is 0 Å². The number of nitrogens with zero attached hydrogens (tertiary/aromatic N) is 4. The van der Waals surface area contributed by atoms with Gasteiger partial charge in [-0.05, 0) is 116 Å². The zero-order valence-corrected chi connectivity index (χ0v) is 55.4. The van der Waals surface area contributed by atoms with Crippen LogP contribution in [0.15, 0.2) is 97.8 Å². The first-order valence-electron chi connectivity index (χ1n) is 27.9. The van der Waals surface area contributed by atoms with Crippen LogP contribution in [0.3, 0.4) is 0 Å². The molecule has 2 aromatic carbocycles. The molecule has 81 heavy (non-hydrogen) atoms. The van der Waals surface area contributed by atoms with Gasteiger partial charge >= 0.3 is 70.7 Å². The molecule has 8 aliphatic rings. The molecule has 3 amide bonds. The summed E-state index contributed by atoms with van der Waals surface area (Å²) < 4.78 is 26.3. The molecular weight excluding hydrogens is 1390 g/mol. The van der Waals surface area contributed by atoms with E-state index in [0.717, 1.165) is 30.4 Å². The molecule has 2 saturated heterocycles. The van der Waals surface area contributed by atoms with Crippen molar-refractivity contribution < 1.29 is 56.2 Å². The average Bonchev–Trinajstić information content (AvgIpc) is 2.89. The molecule has 6 aliphatic carbocycles. The van der Waals surface area contributed by atoms with Gasteiger partial charge in [0.05, 0.1) is 53.7 Å². The monoisotopic (exact) mass is 1470 g/mol. The Balaban J connectivity index is 0.000000218. The number of carboxylic acids is 1. The minimum Gasteiger partial charge on any atom is -0.476 e. The number of carbonyl (C=O) groups is 4. The van der Waals surface area contributed by atoms with E-state index in [2.05, 4.69) is 142 Å². The molecule has 0 radical (unpaired) electrons. The maximum atomic E-state index is 13.8. The van der Waals surface area contributed by atoms with Gasteiger partial charge in [-0.3, -0.25) is 24.4 Å². The Morgan fingerprint density at radius 2 is 1.07 bits per heavy atom. The van der Waals surface area contributed by atoms with E-state index < -0.39 is 38.2 Å². The first-order chi connectivity index (χ1) is 37.9. The fraction of sp³-hybridized carbons (Fsp3) is 0.586. The summed E-state index contributed by atoms with van der Waals surface area (Å²) >= 11 is 5.30. The summed E-state index contributed by atoms with van der Waals surface area (Å²) in [6.07, 6.45) is 15.3. The van der Waals surface area contributed by atoms with Gasteiger partial charge in [-0.2, -0.15) is 0 Å². The van der Waals surface area contributed by atoms with E-state index in [4.69, 9.17) is 29.5 Å². The second-order valence-electron chi connectivity index (χ2n) is 24.7. The summed E-state index contributed by atoms with van der Waals surface area (Å²) in [5.74, 6) is 0.604. The van der Waals surface area contributed by atoms with E-state index in [-0.39, 0.29) is 76.3 Å². The van der Waals surface area contributed by atoms with Gasteiger partial charge in [0.25, 0.3) is 5.91 Å². The zero-order chi connectivity index (χ0) is 58.2. The third-order valence-corrected chi connectivity index (χ3v) is 17.8. The SMILES string of the molecule is CC(C)C[C@H](NC(=O)[C@@H](N)Cc1ccccc1)B1O[C@@H]2C[C@@H]3C[C@@H](C3(C)C)[C@]2(C)O1.CC(C)C[C@H](NC(=O)[C@H](Cc1ccccc1)NC(=O)c1cnccn1)B1O[C@@H]2C[C@@H]3C[C@@H](C3(C)C)[C@]2(C)O1.Cl.I[I-]I.O=C(O)c1cnccn1. The number of carboxylic acid groups (broad SMARTS) is 1. The molecule has 4 bridgehead atoms. The minimum atomic E-state index is -1.05. The number of aromatic nitrogens is 4. The van der Waals surface area contributed by atoms with Gasteiger partial charge in [-0.1, -0.05) is 116 Å². The summed E-state index contributed by atoms with van der Waals surface area (Å²) in [6, 6.07) is 18.2. The number of aromatic carboxylic acids is 1. The van der Waals surface area contributed by atoms with Crippen LogP contribution in [-0.4, -0.2) is 110 Å². The van der Waals surface area contributed by atoms with Crippen LogP contribution in [0, 0.1) is 46.3 Å². The van der Waals surface area contributed by atoms with Crippen LogP contribution < -0.4 is 34.9 Å². The molecule has 4 aromatic rings. The second kappa shape index (κ2) is 29.3. The van der Waals surface area contributed by atoms with Crippen molar-refractivity contribution in [3.8, 4) is 0 Å². The Bertz CT molecular complexity index is 2690. The molecule has 12 rings (SSSR count). The number of carbonyl (C=O) groups excluding carboxylic acids is 3. The molecule has 0 unspecified atom stereocenters. The second-order valence-corrected chi connectivity index (χ2v) is 41.0. The number of hydrogen-bond donors (Lipinski definition) is 5. The normalized spacial score (nSPS) is 27.1. The van der Waals surface area contributed by atoms with Gasteiger partial charge in [0.15, 0.2) is 5.69 Å². The molecule has 6 saturated carbocycles. The standard InChI is InChI=1S/C29H39BN4O4.C24H37BN2O3.C5H4N2O2.ClH.I3/c1-18(2)13-25(30-37-24-16-20-15-23(28(20,3)4)29(24,5)38-30)34-26(35)21(14-19-9-7-6-8-10-19)33-27(36)22-17-31-11-12-32-22;1-15(2)11-21(27-22(28)18(26)12-16-9-7-6-8-10-16)25-29-20-14-17-13-19(23(17,3)4)24(20,5)30-25;8-5(9)4-3-6-1-2-7-4;;1-3-2/h6-12,17-18,20-21,23-25H,13-16H2,1-5H3,(H,33,36)(H,34,35);6-10,15,17-21H,11-14,26H2,1-5H3,(H,27,28);1-3H,(H,8,9);1H;/q;;;;-1/t20-,21-,23-,24+,25-,29-;17-,18-,19-,20+,21-,24-;;;/m00.../s1. The van der Waals surface area contributed by atoms with Gasteiger partial charge in [0, 0.05) is 31.2 Å². The van der Waals surface area contributed by atoms with E-state index in [9.17, 15) is 19.2 Å². The molecule has 12 atom stereocenters. The van der Waals surface area contributed by atoms with E-state index in [1.54, 1.807) is 0 Å². The number of benzene rings is 2. The topological polar surface area (TPSA) is 239 Å². The van der Waals surface area contributed by atoms with Crippen molar-refractivity contribution in [3.63, 3.8) is 0 Å². The molecule has 4 heterocycles. The first-order valence-corrected chi connectivity index (χ1v) is 40.5. The van der Waals surface area contributed by atoms with Gasteiger partial charge in [-0.25, -0.2) is 14.8 Å². The summed E-state index contributed by atoms with van der Waals surface area (Å²) in [5, 5.41) is 17.5. The smallest absolute Gasteiger partial charge is 0.356 e. The number of halogens is 4. The van der Waals surface area contributed by atoms with E-state index in [1.165, 1.54) is 50.0 Å². The molecule has 6 N–H and O–H groups in total. The van der Waals surface area contributed by atoms with Crippen molar-refractivity contribution in [1.82, 2.24) is 35.9 Å². The molecule has 17 nitrogen and oxygen atoms in total. The van der Waals surface area contributed by atoms with Crippen molar-refractivity contribution in [1.29, 1.82) is 0 Å². The number of hydrogen-bond acceptors (Lipinski definition) is 13. The van der Waals surface area contributed by atoms with Crippen LogP contribution in [0.1, 0.15) is 140 Å². The van der Waals surface area contributed by atoms with Gasteiger partial charge < -0.3 is 45.4 Å². The molecule has 8 fully saturated rings. The number of rotatable bonds is 17. The van der Waals surface area contributed by atoms with Gasteiger partial charge in [0.2, 0.25) is 11.8 Å². The molecule has 23 heteroatoms. The third-order valence-electron chi connectivity index (χ3n) is 17.8. The fourth-order valence-corrected chi connectivity index (χ4v) is 13.3. The Morgan fingerprint density at radius 3 is 1.46 bits per heavy atom. The summed E-state index contributed by atoms with van der Waals surface area (Å²) in [4.78, 5) is 64.9. The van der Waals surface area contributed by atoms with Crippen LogP contribution in [0.5, 0.6) is 0 Å². The molecule has 2 aliphatic heterocycles. The minimum absolute atomic E-state index is 0. The van der Waals surface area contributed by atoms with E-state index in [1.807, 2.05) is 60.7 Å². The first kappa shape index (κ1) is 67.0. The summed E-state index contributed by atoms with van der Waals surface area (Å²) in [5.41, 5.74) is 8.31. The van der Waals surface area contributed by atoms with Crippen LogP contribution >= 0.6 is 49.6 Å². The average molecular weight is 1470 g/mol. The third kappa shape index (κ3) is 16.3. The van der Waals surface area contributed by atoms with Gasteiger partial charge in [-0.15, -0.1) is 12.4 Å². The Hall–Kier alpha value is -3.11. The van der Waals surface area contributed by atoms with E-state index in [0.29, 0.717) is 73.4 Å². The number of nitrogens with two attached hydrogens (primary N) is 1. The maximum Gasteiger partial charge on any atom is 0.356 e. The van der Waals surface area contributed by atoms with Crippen molar-refractivity contribution in [2.45, 2.75) is 168 Å². The quantitative estimate of drug-likeness (QED) is 0.0573. The Kier molecular flexibility index (Phi) is 24.3. The summed E-state index contributed by atoms with van der Waals surface area (Å²) in [7, 11) is -0.940. The van der Waals surface area contributed by atoms with Crippen LogP contribution in [0.4, 0.5) is 0 Å². The predicted octanol–water partition coefficient (Wildman–Crippen LogP) is 6.34. The number of amides is 3. The molecule has 2 aromatic heterocycles. The van der Waals surface area contributed by atoms with Crippen molar-refractivity contribution in [3.05, 3.63) is 120 Å². The zero-order valence-electron chi connectivity index (χ0n) is 48.1. The summed E-state index contributed by atoms with van der Waals surface area (Å²) in [6.45, 7) is 22.4. The molecular formula is C58H81B2ClI3N8O9-. The number of nitrogens with one attached hydrogen (secondary N) is 3. The van der Waals surface area contributed by atoms with Crippen molar-refractivity contribution in [2.75, 3.05) is 0 Å². The van der Waals surface area contributed by atoms with Crippen molar-refractivity contribution in [2.24, 2.45) is 52.1 Å². The largest absolute Gasteiger partial charge is 0.476 e. The Labute approximate surface area is 515 Å².